The first-order valence-corrected chi connectivity index (χ1v) is 9.42. The second kappa shape index (κ2) is 7.43. The topological polar surface area (TPSA) is 26.3 Å². The van der Waals surface area contributed by atoms with E-state index in [1.165, 1.54) is 41.3 Å². The average Bonchev–Trinajstić information content (AvgIpc) is 3.39. The molecule has 2 aromatic carbocycles. The van der Waals surface area contributed by atoms with Crippen LogP contribution in [0.2, 0.25) is 0 Å². The molecule has 0 aliphatic heterocycles. The van der Waals surface area contributed by atoms with Crippen molar-refractivity contribution in [3.63, 3.8) is 0 Å². The molecule has 1 fully saturated rings. The van der Waals surface area contributed by atoms with Crippen LogP contribution in [0.1, 0.15) is 54.4 Å². The summed E-state index contributed by atoms with van der Waals surface area (Å²) in [7, 11) is 0. The van der Waals surface area contributed by atoms with Crippen LogP contribution in [0.3, 0.4) is 0 Å². The standard InChI is InChI=1S/C21H24O2S/c1-4-21(22)24-20-7-5-6-17(16-9-10-16)18(20)13-23-19-11-8-14(2)12-15(19)3/h5-8,11-12,16H,4,9-10,13H2,1-3H3. The van der Waals surface area contributed by atoms with Gasteiger partial charge in [0, 0.05) is 16.9 Å². The van der Waals surface area contributed by atoms with Crippen molar-refractivity contribution in [1.82, 2.24) is 0 Å². The Kier molecular flexibility index (Phi) is 5.30. The molecule has 0 radical (unpaired) electrons. The van der Waals surface area contributed by atoms with E-state index in [1.54, 1.807) is 0 Å². The number of benzene rings is 2. The number of thioether (sulfide) groups is 1. The molecule has 0 unspecified atom stereocenters. The zero-order valence-corrected chi connectivity index (χ0v) is 15.4. The Bertz CT molecular complexity index is 747. The summed E-state index contributed by atoms with van der Waals surface area (Å²) in [5.74, 6) is 1.56. The summed E-state index contributed by atoms with van der Waals surface area (Å²) in [4.78, 5) is 13.0. The van der Waals surface area contributed by atoms with E-state index in [0.29, 0.717) is 18.9 Å². The molecule has 0 N–H and O–H groups in total. The van der Waals surface area contributed by atoms with Gasteiger partial charge in [-0.1, -0.05) is 48.5 Å². The molecule has 0 spiro atoms. The largest absolute Gasteiger partial charge is 0.489 e. The summed E-state index contributed by atoms with van der Waals surface area (Å²) in [5.41, 5.74) is 4.93. The molecule has 3 heteroatoms. The zero-order valence-electron chi connectivity index (χ0n) is 14.6. The Labute approximate surface area is 148 Å². The first kappa shape index (κ1) is 17.1. The van der Waals surface area contributed by atoms with Gasteiger partial charge in [-0.05, 0) is 55.9 Å². The lowest BCUT2D eigenvalue weighted by Gasteiger charge is -2.16. The molecular formula is C21H24O2S. The molecule has 24 heavy (non-hydrogen) atoms. The van der Waals surface area contributed by atoms with Gasteiger partial charge in [0.05, 0.1) is 0 Å². The van der Waals surface area contributed by atoms with Crippen molar-refractivity contribution < 1.29 is 9.53 Å². The fourth-order valence-electron chi connectivity index (χ4n) is 2.92. The number of carbonyl (C=O) groups excluding carboxylic acids is 1. The highest BCUT2D eigenvalue weighted by Gasteiger charge is 2.27. The van der Waals surface area contributed by atoms with Crippen LogP contribution in [0, 0.1) is 13.8 Å². The molecule has 0 aromatic heterocycles. The van der Waals surface area contributed by atoms with E-state index in [-0.39, 0.29) is 5.12 Å². The number of hydrogen-bond donors (Lipinski definition) is 0. The maximum absolute atomic E-state index is 11.9. The summed E-state index contributed by atoms with van der Waals surface area (Å²) < 4.78 is 6.13. The van der Waals surface area contributed by atoms with E-state index in [4.69, 9.17) is 4.74 Å². The summed E-state index contributed by atoms with van der Waals surface area (Å²) in [6, 6.07) is 12.6. The van der Waals surface area contributed by atoms with Crippen LogP contribution < -0.4 is 4.74 Å². The zero-order chi connectivity index (χ0) is 17.1. The molecule has 2 aromatic rings. The van der Waals surface area contributed by atoms with Crippen molar-refractivity contribution >= 4 is 16.9 Å². The van der Waals surface area contributed by atoms with Crippen molar-refractivity contribution in [2.75, 3.05) is 0 Å². The molecule has 1 aliphatic carbocycles. The molecule has 2 nitrogen and oxygen atoms in total. The first-order valence-electron chi connectivity index (χ1n) is 8.61. The third-order valence-corrected chi connectivity index (χ3v) is 5.52. The molecule has 1 aliphatic rings. The summed E-state index contributed by atoms with van der Waals surface area (Å²) in [5, 5.41) is 0.204. The van der Waals surface area contributed by atoms with Gasteiger partial charge in [0.25, 0.3) is 0 Å². The number of ether oxygens (including phenoxy) is 1. The van der Waals surface area contributed by atoms with Crippen LogP contribution in [0.5, 0.6) is 5.75 Å². The fraction of sp³-hybridized carbons (Fsp3) is 0.381. The predicted octanol–water partition coefficient (Wildman–Crippen LogP) is 5.79. The van der Waals surface area contributed by atoms with Crippen LogP contribution in [0.15, 0.2) is 41.3 Å². The molecule has 3 rings (SSSR count). The molecule has 1 saturated carbocycles. The quantitative estimate of drug-likeness (QED) is 0.623. The van der Waals surface area contributed by atoms with Crippen molar-refractivity contribution in [3.05, 3.63) is 58.7 Å². The molecular weight excluding hydrogens is 316 g/mol. The summed E-state index contributed by atoms with van der Waals surface area (Å²) in [6.07, 6.45) is 3.04. The van der Waals surface area contributed by atoms with Gasteiger partial charge in [-0.25, -0.2) is 0 Å². The van der Waals surface area contributed by atoms with E-state index in [9.17, 15) is 4.79 Å². The van der Waals surface area contributed by atoms with Gasteiger partial charge < -0.3 is 4.74 Å². The van der Waals surface area contributed by atoms with Gasteiger partial charge in [-0.3, -0.25) is 4.79 Å². The maximum Gasteiger partial charge on any atom is 0.193 e. The van der Waals surface area contributed by atoms with Crippen LogP contribution in [0.25, 0.3) is 0 Å². The Morgan fingerprint density at radius 2 is 2.00 bits per heavy atom. The molecule has 126 valence electrons. The number of hydrogen-bond acceptors (Lipinski definition) is 3. The Morgan fingerprint density at radius 3 is 2.67 bits per heavy atom. The second-order valence-electron chi connectivity index (χ2n) is 6.48. The van der Waals surface area contributed by atoms with E-state index in [2.05, 4.69) is 38.1 Å². The van der Waals surface area contributed by atoms with E-state index in [1.807, 2.05) is 19.1 Å². The fourth-order valence-corrected chi connectivity index (χ4v) is 3.75. The van der Waals surface area contributed by atoms with Crippen LogP contribution >= 0.6 is 11.8 Å². The molecule has 0 atom stereocenters. The Morgan fingerprint density at radius 1 is 1.21 bits per heavy atom. The van der Waals surface area contributed by atoms with Gasteiger partial charge in [-0.2, -0.15) is 0 Å². The molecule has 0 saturated heterocycles. The monoisotopic (exact) mass is 340 g/mol. The van der Waals surface area contributed by atoms with Gasteiger partial charge >= 0.3 is 0 Å². The summed E-state index contributed by atoms with van der Waals surface area (Å²) >= 11 is 1.35. The lowest BCUT2D eigenvalue weighted by Crippen LogP contribution is -2.04. The number of carbonyl (C=O) groups is 1. The van der Waals surface area contributed by atoms with Crippen molar-refractivity contribution in [2.45, 2.75) is 57.5 Å². The smallest absolute Gasteiger partial charge is 0.193 e. The predicted molar refractivity (Wildman–Crippen MR) is 99.8 cm³/mol. The minimum absolute atomic E-state index is 0.204. The van der Waals surface area contributed by atoms with Gasteiger partial charge in [0.2, 0.25) is 0 Å². The van der Waals surface area contributed by atoms with Crippen LogP contribution in [-0.2, 0) is 11.4 Å². The molecule has 0 bridgehead atoms. The van der Waals surface area contributed by atoms with Gasteiger partial charge in [0.1, 0.15) is 12.4 Å². The minimum Gasteiger partial charge on any atom is -0.489 e. The SMILES string of the molecule is CCC(=O)Sc1cccc(C2CC2)c1COc1ccc(C)cc1C. The number of rotatable bonds is 6. The highest BCUT2D eigenvalue weighted by atomic mass is 32.2. The third-order valence-electron chi connectivity index (χ3n) is 4.40. The number of aryl methyl sites for hydroxylation is 2. The molecule has 0 amide bonds. The first-order chi connectivity index (χ1) is 11.6. The van der Waals surface area contributed by atoms with E-state index < -0.39 is 0 Å². The van der Waals surface area contributed by atoms with Crippen molar-refractivity contribution in [3.8, 4) is 5.75 Å². The minimum atomic E-state index is 0.204. The van der Waals surface area contributed by atoms with E-state index in [0.717, 1.165) is 16.2 Å². The second-order valence-corrected chi connectivity index (χ2v) is 7.58. The highest BCUT2D eigenvalue weighted by molar-refractivity contribution is 8.13. The lowest BCUT2D eigenvalue weighted by molar-refractivity contribution is -0.110. The van der Waals surface area contributed by atoms with Crippen LogP contribution in [0.4, 0.5) is 0 Å². The van der Waals surface area contributed by atoms with Crippen molar-refractivity contribution in [1.29, 1.82) is 0 Å². The van der Waals surface area contributed by atoms with Gasteiger partial charge in [-0.15, -0.1) is 0 Å². The van der Waals surface area contributed by atoms with Crippen molar-refractivity contribution in [2.24, 2.45) is 0 Å². The van der Waals surface area contributed by atoms with Gasteiger partial charge in [0.15, 0.2) is 5.12 Å². The summed E-state index contributed by atoms with van der Waals surface area (Å²) in [6.45, 7) is 6.59. The Balaban J connectivity index is 1.85. The normalized spacial score (nSPS) is 13.8. The Hall–Kier alpha value is -1.74. The average molecular weight is 340 g/mol. The lowest BCUT2D eigenvalue weighted by atomic mass is 10.0. The van der Waals surface area contributed by atoms with E-state index >= 15 is 0 Å². The third kappa shape index (κ3) is 4.02. The maximum atomic E-state index is 11.9. The van der Waals surface area contributed by atoms with Crippen LogP contribution in [-0.4, -0.2) is 5.12 Å². The molecule has 0 heterocycles. The highest BCUT2D eigenvalue weighted by Crippen LogP contribution is 2.44.